The molecule has 3 N–H and O–H groups in total. The summed E-state index contributed by atoms with van der Waals surface area (Å²) in [6, 6.07) is 18.2. The van der Waals surface area contributed by atoms with E-state index >= 15 is 0 Å². The molecule has 36 heavy (non-hydrogen) atoms. The van der Waals surface area contributed by atoms with E-state index in [4.69, 9.17) is 26.8 Å². The second-order valence-corrected chi connectivity index (χ2v) is 10.6. The number of nitrogens with two attached hydrogens (primary N) is 1. The van der Waals surface area contributed by atoms with Crippen molar-refractivity contribution >= 4 is 38.4 Å². The second kappa shape index (κ2) is 9.90. The predicted molar refractivity (Wildman–Crippen MR) is 135 cm³/mol. The van der Waals surface area contributed by atoms with E-state index in [2.05, 4.69) is 9.97 Å². The zero-order valence-electron chi connectivity index (χ0n) is 19.1. The van der Waals surface area contributed by atoms with Crippen LogP contribution < -0.4 is 10.5 Å². The predicted octanol–water partition coefficient (Wildman–Crippen LogP) is 3.45. The van der Waals surface area contributed by atoms with Crippen molar-refractivity contribution < 1.29 is 22.7 Å². The maximum absolute atomic E-state index is 13.6. The molecule has 2 aromatic heterocycles. The summed E-state index contributed by atoms with van der Waals surface area (Å²) in [6.07, 6.45) is 1.19. The minimum Gasteiger partial charge on any atom is -0.475 e. The molecule has 0 bridgehead atoms. The molecule has 5 rings (SSSR count). The zero-order valence-corrected chi connectivity index (χ0v) is 20.6. The first-order chi connectivity index (χ1) is 17.3. The standard InChI is InChI=1S/C25H23ClN4O5S/c26-18-7-8-21-20(12-18)24(23(29-21)25(27)31)36(32,33)30-10-11-34-19(14-30)15-35-22-9-6-17(13-28-22)16-4-2-1-3-5-16/h1-9,12-13,19,29H,10-11,14-15H2,(H2,27,31)/t19-/m0/s1. The first kappa shape index (κ1) is 24.3. The van der Waals surface area contributed by atoms with Crippen molar-refractivity contribution in [3.05, 3.63) is 77.6 Å². The smallest absolute Gasteiger partial charge is 0.266 e. The number of aromatic nitrogens is 2. The van der Waals surface area contributed by atoms with Gasteiger partial charge in [0.25, 0.3) is 5.91 Å². The van der Waals surface area contributed by atoms with Crippen LogP contribution in [0.3, 0.4) is 0 Å². The number of hydrogen-bond acceptors (Lipinski definition) is 6. The summed E-state index contributed by atoms with van der Waals surface area (Å²) < 4.78 is 40.1. The summed E-state index contributed by atoms with van der Waals surface area (Å²) in [6.45, 7) is 0.429. The van der Waals surface area contributed by atoms with E-state index < -0.39 is 22.0 Å². The van der Waals surface area contributed by atoms with Gasteiger partial charge >= 0.3 is 0 Å². The number of nitrogens with zero attached hydrogens (tertiary/aromatic N) is 2. The van der Waals surface area contributed by atoms with Crippen LogP contribution in [0.5, 0.6) is 5.88 Å². The van der Waals surface area contributed by atoms with Crippen LogP contribution in [-0.2, 0) is 14.8 Å². The van der Waals surface area contributed by atoms with Gasteiger partial charge in [-0.25, -0.2) is 13.4 Å². The zero-order chi connectivity index (χ0) is 25.3. The van der Waals surface area contributed by atoms with Gasteiger partial charge in [-0.2, -0.15) is 4.31 Å². The topological polar surface area (TPSA) is 128 Å². The summed E-state index contributed by atoms with van der Waals surface area (Å²) in [5, 5.41) is 0.645. The van der Waals surface area contributed by atoms with Crippen LogP contribution in [0, 0.1) is 0 Å². The van der Waals surface area contributed by atoms with Gasteiger partial charge < -0.3 is 20.2 Å². The van der Waals surface area contributed by atoms with E-state index in [-0.39, 0.29) is 36.9 Å². The number of H-pyrrole nitrogens is 1. The van der Waals surface area contributed by atoms with Crippen LogP contribution in [0.4, 0.5) is 0 Å². The van der Waals surface area contributed by atoms with Gasteiger partial charge in [0.2, 0.25) is 15.9 Å². The highest BCUT2D eigenvalue weighted by molar-refractivity contribution is 7.89. The Hall–Kier alpha value is -3.44. The minimum absolute atomic E-state index is 0.0376. The molecular formula is C25H23ClN4O5S. The van der Waals surface area contributed by atoms with Gasteiger partial charge in [0.15, 0.2) is 0 Å². The second-order valence-electron chi connectivity index (χ2n) is 8.30. The molecule has 0 radical (unpaired) electrons. The third kappa shape index (κ3) is 4.80. The van der Waals surface area contributed by atoms with Crippen molar-refractivity contribution in [2.24, 2.45) is 5.73 Å². The molecule has 186 valence electrons. The molecule has 1 amide bonds. The monoisotopic (exact) mass is 526 g/mol. The summed E-state index contributed by atoms with van der Waals surface area (Å²) in [4.78, 5) is 19.0. The lowest BCUT2D eigenvalue weighted by Crippen LogP contribution is -2.47. The fourth-order valence-electron chi connectivity index (χ4n) is 4.17. The number of aromatic amines is 1. The number of sulfonamides is 1. The van der Waals surface area contributed by atoms with Crippen LogP contribution in [0.15, 0.2) is 71.8 Å². The molecule has 1 aliphatic heterocycles. The van der Waals surface area contributed by atoms with Crippen LogP contribution in [0.2, 0.25) is 5.02 Å². The van der Waals surface area contributed by atoms with Crippen molar-refractivity contribution in [1.82, 2.24) is 14.3 Å². The molecule has 4 aromatic rings. The number of fused-ring (bicyclic) bond motifs is 1. The van der Waals surface area contributed by atoms with Crippen LogP contribution in [0.25, 0.3) is 22.0 Å². The molecule has 1 atom stereocenters. The maximum Gasteiger partial charge on any atom is 0.266 e. The highest BCUT2D eigenvalue weighted by Gasteiger charge is 2.36. The Morgan fingerprint density at radius 1 is 1.17 bits per heavy atom. The molecule has 11 heteroatoms. The van der Waals surface area contributed by atoms with Crippen LogP contribution in [-0.4, -0.2) is 61.0 Å². The van der Waals surface area contributed by atoms with Crippen molar-refractivity contribution in [2.75, 3.05) is 26.3 Å². The van der Waals surface area contributed by atoms with Gasteiger partial charge in [0.05, 0.1) is 6.61 Å². The minimum atomic E-state index is -4.10. The molecule has 0 aliphatic carbocycles. The Morgan fingerprint density at radius 3 is 2.69 bits per heavy atom. The van der Waals surface area contributed by atoms with Crippen molar-refractivity contribution in [2.45, 2.75) is 11.0 Å². The number of hydrogen-bond donors (Lipinski definition) is 2. The largest absolute Gasteiger partial charge is 0.475 e. The van der Waals surface area contributed by atoms with Gasteiger partial charge in [-0.1, -0.05) is 41.9 Å². The molecule has 1 aliphatic rings. The van der Waals surface area contributed by atoms with Gasteiger partial charge in [-0.15, -0.1) is 0 Å². The van der Waals surface area contributed by atoms with Gasteiger partial charge in [0.1, 0.15) is 23.3 Å². The van der Waals surface area contributed by atoms with Crippen molar-refractivity contribution in [3.63, 3.8) is 0 Å². The summed E-state index contributed by atoms with van der Waals surface area (Å²) in [5.74, 6) is -0.473. The molecular weight excluding hydrogens is 504 g/mol. The number of pyridine rings is 1. The first-order valence-electron chi connectivity index (χ1n) is 11.2. The van der Waals surface area contributed by atoms with E-state index in [1.54, 1.807) is 24.4 Å². The number of morpholine rings is 1. The fraction of sp³-hybridized carbons (Fsp3) is 0.200. The van der Waals surface area contributed by atoms with E-state index in [9.17, 15) is 13.2 Å². The van der Waals surface area contributed by atoms with E-state index in [0.29, 0.717) is 21.8 Å². The van der Waals surface area contributed by atoms with Gasteiger partial charge in [0, 0.05) is 46.8 Å². The number of benzene rings is 2. The Labute approximate surface area is 212 Å². The third-order valence-electron chi connectivity index (χ3n) is 5.92. The highest BCUT2D eigenvalue weighted by Crippen LogP contribution is 2.32. The van der Waals surface area contributed by atoms with E-state index in [0.717, 1.165) is 11.1 Å². The first-order valence-corrected chi connectivity index (χ1v) is 13.0. The number of rotatable bonds is 7. The quantitative estimate of drug-likeness (QED) is 0.379. The van der Waals surface area contributed by atoms with Crippen LogP contribution in [0.1, 0.15) is 10.5 Å². The Morgan fingerprint density at radius 2 is 1.97 bits per heavy atom. The number of nitrogens with one attached hydrogen (secondary N) is 1. The molecule has 3 heterocycles. The lowest BCUT2D eigenvalue weighted by molar-refractivity contribution is -0.0256. The summed E-state index contributed by atoms with van der Waals surface area (Å²) >= 11 is 6.10. The molecule has 1 saturated heterocycles. The van der Waals surface area contributed by atoms with Gasteiger partial charge in [-0.05, 0) is 29.8 Å². The number of halogens is 1. The highest BCUT2D eigenvalue weighted by atomic mass is 35.5. The number of amides is 1. The Bertz CT molecular complexity index is 1510. The van der Waals surface area contributed by atoms with Gasteiger partial charge in [-0.3, -0.25) is 4.79 Å². The average Bonchev–Trinajstić information content (AvgIpc) is 3.28. The SMILES string of the molecule is NC(=O)c1[nH]c2ccc(Cl)cc2c1S(=O)(=O)N1CCO[C@H](COc2ccc(-c3ccccc3)cn2)C1. The van der Waals surface area contributed by atoms with Crippen molar-refractivity contribution in [3.8, 4) is 17.0 Å². The fourth-order valence-corrected chi connectivity index (χ4v) is 6.13. The molecule has 1 fully saturated rings. The lowest BCUT2D eigenvalue weighted by atomic mass is 10.1. The number of carbonyl (C=O) groups excluding carboxylic acids is 1. The molecule has 0 saturated carbocycles. The molecule has 9 nitrogen and oxygen atoms in total. The van der Waals surface area contributed by atoms with Crippen molar-refractivity contribution in [1.29, 1.82) is 0 Å². The van der Waals surface area contributed by atoms with E-state index in [1.165, 1.54) is 10.4 Å². The normalized spacial score (nSPS) is 16.8. The maximum atomic E-state index is 13.6. The number of primary amides is 1. The Balaban J connectivity index is 1.32. The number of ether oxygens (including phenoxy) is 2. The molecule has 0 spiro atoms. The third-order valence-corrected chi connectivity index (χ3v) is 8.11. The number of carbonyl (C=O) groups is 1. The summed E-state index contributed by atoms with van der Waals surface area (Å²) in [7, 11) is -4.10. The van der Waals surface area contributed by atoms with Crippen LogP contribution >= 0.6 is 11.6 Å². The average molecular weight is 527 g/mol. The molecule has 2 aromatic carbocycles. The lowest BCUT2D eigenvalue weighted by Gasteiger charge is -2.32. The van der Waals surface area contributed by atoms with E-state index in [1.807, 2.05) is 36.4 Å². The summed E-state index contributed by atoms with van der Waals surface area (Å²) in [5.41, 5.74) is 7.76. The Kier molecular flexibility index (Phi) is 6.67. The molecule has 0 unspecified atom stereocenters.